The Bertz CT molecular complexity index is 647. The van der Waals surface area contributed by atoms with Crippen LogP contribution in [-0.2, 0) is 10.0 Å². The second-order valence-corrected chi connectivity index (χ2v) is 6.86. The molecule has 1 saturated carbocycles. The molecule has 1 aliphatic carbocycles. The lowest BCUT2D eigenvalue weighted by Gasteiger charge is -2.31. The molecule has 3 N–H and O–H groups in total. The number of hydrogen-bond acceptors (Lipinski definition) is 4. The summed E-state index contributed by atoms with van der Waals surface area (Å²) in [7, 11) is -3.77. The molecule has 0 aromatic heterocycles. The third-order valence-corrected chi connectivity index (χ3v) is 5.14. The third-order valence-electron chi connectivity index (χ3n) is 3.48. The highest BCUT2D eigenvalue weighted by Gasteiger charge is 2.32. The molecule has 7 heteroatoms. The van der Waals surface area contributed by atoms with Crippen molar-refractivity contribution in [3.8, 4) is 0 Å². The van der Waals surface area contributed by atoms with Crippen LogP contribution in [-0.4, -0.2) is 36.7 Å². The van der Waals surface area contributed by atoms with E-state index in [0.29, 0.717) is 24.0 Å². The van der Waals surface area contributed by atoms with Crippen LogP contribution >= 0.6 is 0 Å². The fraction of sp³-hybridized carbons (Fsp3) is 0.462. The van der Waals surface area contributed by atoms with Crippen LogP contribution in [0.2, 0.25) is 0 Å². The lowest BCUT2D eigenvalue weighted by molar-refractivity contribution is 0.0694. The van der Waals surface area contributed by atoms with Gasteiger partial charge < -0.3 is 10.2 Å². The maximum Gasteiger partial charge on any atom is 0.335 e. The molecule has 6 nitrogen and oxygen atoms in total. The first-order chi connectivity index (χ1) is 9.20. The van der Waals surface area contributed by atoms with Gasteiger partial charge in [-0.1, -0.05) is 6.07 Å². The van der Waals surface area contributed by atoms with Crippen molar-refractivity contribution >= 4 is 16.0 Å². The smallest absolute Gasteiger partial charge is 0.335 e. The van der Waals surface area contributed by atoms with Crippen LogP contribution in [0.4, 0.5) is 0 Å². The van der Waals surface area contributed by atoms with Crippen molar-refractivity contribution in [3.05, 3.63) is 28.8 Å². The fourth-order valence-corrected chi connectivity index (χ4v) is 3.83. The number of sulfonamides is 1. The van der Waals surface area contributed by atoms with Gasteiger partial charge in [0, 0.05) is 6.04 Å². The van der Waals surface area contributed by atoms with Crippen molar-refractivity contribution in [3.63, 3.8) is 0 Å². The monoisotopic (exact) mass is 299 g/mol. The van der Waals surface area contributed by atoms with Gasteiger partial charge in [0.25, 0.3) is 0 Å². The minimum Gasteiger partial charge on any atom is -0.478 e. The van der Waals surface area contributed by atoms with Crippen molar-refractivity contribution in [2.45, 2.75) is 43.7 Å². The predicted octanol–water partition coefficient (Wildman–Crippen LogP) is 0.803. The second-order valence-electron chi connectivity index (χ2n) is 5.18. The van der Waals surface area contributed by atoms with Gasteiger partial charge in [-0.15, -0.1) is 0 Å². The number of aliphatic hydroxyl groups excluding tert-OH is 1. The molecule has 1 aliphatic rings. The topological polar surface area (TPSA) is 104 Å². The first kappa shape index (κ1) is 15.0. The molecule has 0 amide bonds. The van der Waals surface area contributed by atoms with E-state index in [4.69, 9.17) is 5.11 Å². The van der Waals surface area contributed by atoms with Crippen molar-refractivity contribution in [1.29, 1.82) is 0 Å². The molecule has 20 heavy (non-hydrogen) atoms. The van der Waals surface area contributed by atoms with E-state index in [9.17, 15) is 18.3 Å². The number of nitrogens with one attached hydrogen (secondary N) is 1. The van der Waals surface area contributed by atoms with Crippen molar-refractivity contribution in [1.82, 2.24) is 4.72 Å². The maximum absolute atomic E-state index is 12.3. The van der Waals surface area contributed by atoms with Gasteiger partial charge in [0.2, 0.25) is 10.0 Å². The summed E-state index contributed by atoms with van der Waals surface area (Å²) >= 11 is 0. The molecular weight excluding hydrogens is 282 g/mol. The van der Waals surface area contributed by atoms with E-state index >= 15 is 0 Å². The normalized spacial score (nSPS) is 22.4. The number of benzene rings is 1. The number of carboxylic acid groups (broad SMARTS) is 1. The molecule has 2 rings (SSSR count). The Kier molecular flexibility index (Phi) is 3.86. The molecule has 0 bridgehead atoms. The summed E-state index contributed by atoms with van der Waals surface area (Å²) in [5.41, 5.74) is 0.998. The molecule has 0 spiro atoms. The highest BCUT2D eigenvalue weighted by Crippen LogP contribution is 2.25. The SMILES string of the molecule is Cc1cc(C)c(S(=O)(=O)NC2CC(O)C2)cc1C(=O)O. The Morgan fingerprint density at radius 3 is 2.35 bits per heavy atom. The summed E-state index contributed by atoms with van der Waals surface area (Å²) in [4.78, 5) is 11.1. The van der Waals surface area contributed by atoms with Gasteiger partial charge in [-0.2, -0.15) is 0 Å². The Labute approximate surface area is 117 Å². The van der Waals surface area contributed by atoms with Crippen molar-refractivity contribution in [2.75, 3.05) is 0 Å². The van der Waals surface area contributed by atoms with Gasteiger partial charge in [0.05, 0.1) is 16.6 Å². The zero-order valence-corrected chi connectivity index (χ0v) is 12.1. The Morgan fingerprint density at radius 2 is 1.85 bits per heavy atom. The lowest BCUT2D eigenvalue weighted by Crippen LogP contribution is -2.46. The average Bonchev–Trinajstić information content (AvgIpc) is 2.25. The van der Waals surface area contributed by atoms with Crippen LogP contribution in [0.5, 0.6) is 0 Å². The minimum atomic E-state index is -3.77. The van der Waals surface area contributed by atoms with Gasteiger partial charge in [-0.25, -0.2) is 17.9 Å². The van der Waals surface area contributed by atoms with Crippen LogP contribution in [0.25, 0.3) is 0 Å². The predicted molar refractivity (Wildman–Crippen MR) is 72.2 cm³/mol. The van der Waals surface area contributed by atoms with Gasteiger partial charge in [-0.3, -0.25) is 0 Å². The van der Waals surface area contributed by atoms with Gasteiger partial charge in [0.1, 0.15) is 0 Å². The summed E-state index contributed by atoms with van der Waals surface area (Å²) in [6.07, 6.45) is 0.308. The number of aryl methyl sites for hydroxylation is 2. The largest absolute Gasteiger partial charge is 0.478 e. The highest BCUT2D eigenvalue weighted by atomic mass is 32.2. The van der Waals surface area contributed by atoms with Gasteiger partial charge >= 0.3 is 5.97 Å². The van der Waals surface area contributed by atoms with Crippen LogP contribution < -0.4 is 4.72 Å². The third kappa shape index (κ3) is 2.84. The van der Waals surface area contributed by atoms with Crippen LogP contribution in [0.15, 0.2) is 17.0 Å². The zero-order valence-electron chi connectivity index (χ0n) is 11.3. The summed E-state index contributed by atoms with van der Waals surface area (Å²) < 4.78 is 27.0. The fourth-order valence-electron chi connectivity index (χ4n) is 2.32. The quantitative estimate of drug-likeness (QED) is 0.763. The summed E-state index contributed by atoms with van der Waals surface area (Å²) in [6.45, 7) is 3.26. The number of aliphatic hydroxyl groups is 1. The van der Waals surface area contributed by atoms with E-state index in [1.165, 1.54) is 6.07 Å². The molecule has 1 fully saturated rings. The Balaban J connectivity index is 2.35. The molecule has 0 unspecified atom stereocenters. The van der Waals surface area contributed by atoms with Crippen LogP contribution in [0.3, 0.4) is 0 Å². The molecule has 0 radical (unpaired) electrons. The number of carbonyl (C=O) groups is 1. The second kappa shape index (κ2) is 5.16. The molecular formula is C13H17NO5S. The highest BCUT2D eigenvalue weighted by molar-refractivity contribution is 7.89. The molecule has 0 heterocycles. The molecule has 110 valence electrons. The van der Waals surface area contributed by atoms with E-state index in [1.54, 1.807) is 19.9 Å². The maximum atomic E-state index is 12.3. The number of rotatable bonds is 4. The molecule has 0 saturated heterocycles. The Hall–Kier alpha value is -1.44. The van der Waals surface area contributed by atoms with E-state index < -0.39 is 22.1 Å². The molecule has 1 aromatic carbocycles. The van der Waals surface area contributed by atoms with E-state index in [-0.39, 0.29) is 16.5 Å². The standard InChI is InChI=1S/C13H17NO5S/c1-7-3-8(2)12(6-11(7)13(16)17)20(18,19)14-9-4-10(15)5-9/h3,6,9-10,14-15H,4-5H2,1-2H3,(H,16,17). The van der Waals surface area contributed by atoms with Gasteiger partial charge in [0.15, 0.2) is 0 Å². The van der Waals surface area contributed by atoms with E-state index in [2.05, 4.69) is 4.72 Å². The first-order valence-corrected chi connectivity index (χ1v) is 7.74. The lowest BCUT2D eigenvalue weighted by atomic mass is 9.91. The summed E-state index contributed by atoms with van der Waals surface area (Å²) in [6, 6.07) is 2.45. The van der Waals surface area contributed by atoms with Crippen LogP contribution in [0, 0.1) is 13.8 Å². The zero-order chi connectivity index (χ0) is 15.1. The number of hydrogen-bond donors (Lipinski definition) is 3. The molecule has 1 aromatic rings. The number of carboxylic acids is 1. The summed E-state index contributed by atoms with van der Waals surface area (Å²) in [5.74, 6) is -1.15. The summed E-state index contributed by atoms with van der Waals surface area (Å²) in [5, 5.41) is 18.3. The van der Waals surface area contributed by atoms with Gasteiger partial charge in [-0.05, 0) is 43.9 Å². The van der Waals surface area contributed by atoms with Crippen LogP contribution in [0.1, 0.15) is 34.3 Å². The average molecular weight is 299 g/mol. The van der Waals surface area contributed by atoms with Crippen molar-refractivity contribution < 1.29 is 23.4 Å². The first-order valence-electron chi connectivity index (χ1n) is 6.25. The van der Waals surface area contributed by atoms with E-state index in [1.807, 2.05) is 0 Å². The minimum absolute atomic E-state index is 0.0235. The Morgan fingerprint density at radius 1 is 1.25 bits per heavy atom. The number of aromatic carboxylic acids is 1. The molecule has 0 aliphatic heterocycles. The van der Waals surface area contributed by atoms with Crippen molar-refractivity contribution in [2.24, 2.45) is 0 Å². The van der Waals surface area contributed by atoms with E-state index in [0.717, 1.165) is 0 Å². The molecule has 0 atom stereocenters.